The van der Waals surface area contributed by atoms with E-state index in [2.05, 4.69) is 4.98 Å². The second-order valence-corrected chi connectivity index (χ2v) is 6.82. The Bertz CT molecular complexity index is 1150. The van der Waals surface area contributed by atoms with Gasteiger partial charge in [-0.05, 0) is 68.1 Å². The standard InChI is InChI=1S/C20H19F2N5/c1-11-8-14(22)10-18-15(11)4-3-7-26(18)19-16-9-13(21)5-6-17(16)27(12(2)23)20(24)25-19/h5-6,8-10,23-24H,3-4,7H2,1-2H3. The quantitative estimate of drug-likeness (QED) is 0.504. The highest BCUT2D eigenvalue weighted by Gasteiger charge is 2.24. The lowest BCUT2D eigenvalue weighted by Crippen LogP contribution is -2.33. The minimum absolute atomic E-state index is 0.114. The zero-order chi connectivity index (χ0) is 19.3. The average Bonchev–Trinajstić information content (AvgIpc) is 2.60. The molecule has 0 atom stereocenters. The number of hydrogen-bond acceptors (Lipinski definition) is 4. The summed E-state index contributed by atoms with van der Waals surface area (Å²) in [6, 6.07) is 7.20. The van der Waals surface area contributed by atoms with Gasteiger partial charge in [-0.2, -0.15) is 4.98 Å². The molecule has 2 heterocycles. The van der Waals surface area contributed by atoms with Gasteiger partial charge in [0.25, 0.3) is 0 Å². The molecule has 27 heavy (non-hydrogen) atoms. The second-order valence-electron chi connectivity index (χ2n) is 6.82. The van der Waals surface area contributed by atoms with Crippen molar-refractivity contribution < 1.29 is 8.78 Å². The first-order valence-electron chi connectivity index (χ1n) is 8.76. The van der Waals surface area contributed by atoms with Gasteiger partial charge in [0.15, 0.2) is 0 Å². The summed E-state index contributed by atoms with van der Waals surface area (Å²) >= 11 is 0. The van der Waals surface area contributed by atoms with Gasteiger partial charge in [0.05, 0.1) is 5.52 Å². The number of hydrogen-bond donors (Lipinski definition) is 2. The zero-order valence-electron chi connectivity index (χ0n) is 15.1. The smallest absolute Gasteiger partial charge is 0.230 e. The molecule has 0 saturated carbocycles. The Balaban J connectivity index is 2.05. The molecule has 7 heteroatoms. The van der Waals surface area contributed by atoms with Crippen LogP contribution in [0.15, 0.2) is 30.3 Å². The van der Waals surface area contributed by atoms with Crippen molar-refractivity contribution in [2.24, 2.45) is 0 Å². The predicted octanol–water partition coefficient (Wildman–Crippen LogP) is 4.03. The predicted molar refractivity (Wildman–Crippen MR) is 101 cm³/mol. The molecule has 5 nitrogen and oxygen atoms in total. The van der Waals surface area contributed by atoms with Crippen molar-refractivity contribution in [2.45, 2.75) is 26.7 Å². The molecule has 0 radical (unpaired) electrons. The number of benzene rings is 2. The fourth-order valence-corrected chi connectivity index (χ4v) is 3.83. The average molecular weight is 367 g/mol. The molecule has 0 aliphatic carbocycles. The van der Waals surface area contributed by atoms with Gasteiger partial charge in [0.1, 0.15) is 23.3 Å². The Hall–Kier alpha value is -3.09. The van der Waals surface area contributed by atoms with Crippen LogP contribution < -0.4 is 10.5 Å². The number of nitrogens with one attached hydrogen (secondary N) is 2. The molecule has 0 amide bonds. The van der Waals surface area contributed by atoms with Gasteiger partial charge in [-0.15, -0.1) is 0 Å². The van der Waals surface area contributed by atoms with Crippen LogP contribution in [0.2, 0.25) is 0 Å². The van der Waals surface area contributed by atoms with E-state index in [1.54, 1.807) is 13.0 Å². The van der Waals surface area contributed by atoms with Gasteiger partial charge < -0.3 is 4.90 Å². The third kappa shape index (κ3) is 2.79. The van der Waals surface area contributed by atoms with Crippen molar-refractivity contribution in [3.63, 3.8) is 0 Å². The van der Waals surface area contributed by atoms with Crippen LogP contribution in [0, 0.1) is 29.4 Å². The Labute approximate surface area is 154 Å². The third-order valence-electron chi connectivity index (χ3n) is 4.97. The normalized spacial score (nSPS) is 13.7. The van der Waals surface area contributed by atoms with Gasteiger partial charge in [-0.1, -0.05) is 0 Å². The lowest BCUT2D eigenvalue weighted by Gasteiger charge is -2.32. The number of halogens is 2. The SMILES string of the molecule is CC(=N)n1c(=N)nc(N2CCCc3c(C)cc(F)cc32)c2cc(F)ccc21. The van der Waals surface area contributed by atoms with Crippen molar-refractivity contribution >= 4 is 28.2 Å². The largest absolute Gasteiger partial charge is 0.325 e. The van der Waals surface area contributed by atoms with Crippen LogP contribution >= 0.6 is 0 Å². The summed E-state index contributed by atoms with van der Waals surface area (Å²) < 4.78 is 29.5. The van der Waals surface area contributed by atoms with Crippen molar-refractivity contribution in [2.75, 3.05) is 11.4 Å². The molecular weight excluding hydrogens is 348 g/mol. The number of anilines is 2. The molecule has 0 spiro atoms. The van der Waals surface area contributed by atoms with Crippen LogP contribution in [-0.4, -0.2) is 21.9 Å². The van der Waals surface area contributed by atoms with E-state index in [9.17, 15) is 8.78 Å². The van der Waals surface area contributed by atoms with Crippen LogP contribution in [0.25, 0.3) is 10.9 Å². The summed E-state index contributed by atoms with van der Waals surface area (Å²) in [6.45, 7) is 4.03. The maximum absolute atomic E-state index is 14.1. The van der Waals surface area contributed by atoms with Gasteiger partial charge in [-0.3, -0.25) is 15.4 Å². The van der Waals surface area contributed by atoms with E-state index in [0.717, 1.165) is 24.0 Å². The molecule has 1 aliphatic rings. The van der Waals surface area contributed by atoms with Crippen LogP contribution in [-0.2, 0) is 6.42 Å². The Kier molecular flexibility index (Phi) is 4.02. The molecule has 0 fully saturated rings. The van der Waals surface area contributed by atoms with E-state index in [0.29, 0.717) is 29.0 Å². The Morgan fingerprint density at radius 1 is 1.15 bits per heavy atom. The number of aromatic nitrogens is 2. The number of fused-ring (bicyclic) bond motifs is 2. The third-order valence-corrected chi connectivity index (χ3v) is 4.97. The zero-order valence-corrected chi connectivity index (χ0v) is 15.1. The van der Waals surface area contributed by atoms with E-state index >= 15 is 0 Å². The van der Waals surface area contributed by atoms with Gasteiger partial charge in [0, 0.05) is 17.6 Å². The van der Waals surface area contributed by atoms with E-state index in [4.69, 9.17) is 10.8 Å². The Morgan fingerprint density at radius 3 is 2.67 bits per heavy atom. The van der Waals surface area contributed by atoms with Crippen molar-refractivity contribution in [1.82, 2.24) is 9.55 Å². The summed E-state index contributed by atoms with van der Waals surface area (Å²) in [5, 5.41) is 16.7. The molecule has 2 aromatic carbocycles. The summed E-state index contributed by atoms with van der Waals surface area (Å²) in [4.78, 5) is 6.23. The van der Waals surface area contributed by atoms with Crippen molar-refractivity contribution in [3.8, 4) is 0 Å². The first-order chi connectivity index (χ1) is 12.9. The van der Waals surface area contributed by atoms with Crippen molar-refractivity contribution in [3.05, 3.63) is 58.7 Å². The molecule has 4 rings (SSSR count). The monoisotopic (exact) mass is 367 g/mol. The molecule has 0 saturated heterocycles. The summed E-state index contributed by atoms with van der Waals surface area (Å²) in [5.74, 6) is -0.222. The van der Waals surface area contributed by atoms with Crippen molar-refractivity contribution in [1.29, 1.82) is 10.8 Å². The number of aryl methyl sites for hydroxylation is 1. The van der Waals surface area contributed by atoms with Gasteiger partial charge in [-0.25, -0.2) is 8.78 Å². The summed E-state index contributed by atoms with van der Waals surface area (Å²) in [6.07, 6.45) is 1.69. The molecule has 1 aliphatic heterocycles. The van der Waals surface area contributed by atoms with Gasteiger partial charge >= 0.3 is 0 Å². The molecule has 1 aromatic heterocycles. The molecule has 3 aromatic rings. The fourth-order valence-electron chi connectivity index (χ4n) is 3.83. The first kappa shape index (κ1) is 17.3. The van der Waals surface area contributed by atoms with Crippen LogP contribution in [0.4, 0.5) is 20.3 Å². The van der Waals surface area contributed by atoms with E-state index in [1.807, 2.05) is 11.8 Å². The maximum Gasteiger partial charge on any atom is 0.230 e. The van der Waals surface area contributed by atoms with Crippen LogP contribution in [0.3, 0.4) is 0 Å². The maximum atomic E-state index is 14.1. The highest BCUT2D eigenvalue weighted by Crippen LogP contribution is 2.37. The minimum atomic E-state index is -0.426. The molecule has 0 unspecified atom stereocenters. The highest BCUT2D eigenvalue weighted by molar-refractivity contribution is 5.97. The molecule has 138 valence electrons. The topological polar surface area (TPSA) is 68.8 Å². The lowest BCUT2D eigenvalue weighted by atomic mass is 9.96. The first-order valence-corrected chi connectivity index (χ1v) is 8.76. The Morgan fingerprint density at radius 2 is 1.93 bits per heavy atom. The van der Waals surface area contributed by atoms with Gasteiger partial charge in [0.2, 0.25) is 5.62 Å². The van der Waals surface area contributed by atoms with Crippen LogP contribution in [0.5, 0.6) is 0 Å². The highest BCUT2D eigenvalue weighted by atomic mass is 19.1. The molecular formula is C20H19F2N5. The fraction of sp³-hybridized carbons (Fsp3) is 0.250. The summed E-state index contributed by atoms with van der Waals surface area (Å²) in [5.41, 5.74) is 3.04. The number of nitrogens with zero attached hydrogens (tertiary/aromatic N) is 3. The van der Waals surface area contributed by atoms with Crippen LogP contribution in [0.1, 0.15) is 24.5 Å². The van der Waals surface area contributed by atoms with E-state index in [-0.39, 0.29) is 17.3 Å². The number of rotatable bonds is 1. The minimum Gasteiger partial charge on any atom is -0.325 e. The lowest BCUT2D eigenvalue weighted by molar-refractivity contribution is 0.621. The molecule has 0 bridgehead atoms. The summed E-state index contributed by atoms with van der Waals surface area (Å²) in [7, 11) is 0. The van der Waals surface area contributed by atoms with E-state index < -0.39 is 5.82 Å². The molecule has 2 N–H and O–H groups in total. The second kappa shape index (κ2) is 6.26. The van der Waals surface area contributed by atoms with E-state index in [1.165, 1.54) is 28.8 Å².